The lowest BCUT2D eigenvalue weighted by molar-refractivity contribution is -0.187. The number of rotatable bonds is 0. The van der Waals surface area contributed by atoms with Crippen molar-refractivity contribution in [1.82, 2.24) is 4.98 Å². The summed E-state index contributed by atoms with van der Waals surface area (Å²) in [4.78, 5) is 4.08. The van der Waals surface area contributed by atoms with Crippen LogP contribution in [0.3, 0.4) is 0 Å². The molecule has 0 amide bonds. The Balaban J connectivity index is 0.000000512. The van der Waals surface area contributed by atoms with E-state index in [4.69, 9.17) is 14.2 Å². The minimum atomic E-state index is -0.475. The number of benzene rings is 7. The summed E-state index contributed by atoms with van der Waals surface area (Å²) in [6.45, 7) is 63.0. The highest BCUT2D eigenvalue weighted by molar-refractivity contribution is 5.83. The molecule has 2 saturated heterocycles. The predicted octanol–water partition coefficient (Wildman–Crippen LogP) is 39.5. The average Bonchev–Trinajstić information content (AvgIpc) is 0.782. The molecular weight excluding hydrogens is 1760 g/mol. The molecule has 8 fully saturated rings. The minimum Gasteiger partial charge on any atom is -0.378 e. The second kappa shape index (κ2) is 72.2. The maximum absolute atomic E-state index is 12.6. The number of fused-ring (bicyclic) bond motifs is 7. The number of alkyl halides is 4. The predicted molar refractivity (Wildman–Crippen MR) is 599 cm³/mol. The van der Waals surface area contributed by atoms with Gasteiger partial charge in [-0.3, -0.25) is 22.5 Å². The number of halogens is 7. The number of ether oxygens (including phenoxy) is 3. The third kappa shape index (κ3) is 56.4. The lowest BCUT2D eigenvalue weighted by Crippen LogP contribution is -2.37. The first-order valence-electron chi connectivity index (χ1n) is 54.4. The van der Waals surface area contributed by atoms with Crippen molar-refractivity contribution in [3.63, 3.8) is 0 Å². The Morgan fingerprint density at radius 3 is 0.943 bits per heavy atom. The zero-order valence-corrected chi connectivity index (χ0v) is 95.2. The number of aromatic nitrogens is 1. The number of aryl methyl sites for hydroxylation is 13. The van der Waals surface area contributed by atoms with Gasteiger partial charge in [0.05, 0.1) is 48.0 Å². The molecule has 11 heteroatoms. The fourth-order valence-corrected chi connectivity index (χ4v) is 19.5. The fraction of sp³-hybridized carbons (Fsp3) is 0.623. The number of nitrogens with zero attached hydrogens (tertiary/aromatic N) is 1. The highest BCUT2D eigenvalue weighted by Gasteiger charge is 2.43. The van der Waals surface area contributed by atoms with Gasteiger partial charge in [0.15, 0.2) is 6.29 Å². The molecular formula is C130H202F7NO3. The zero-order valence-electron chi connectivity index (χ0n) is 95.2. The molecule has 10 unspecified atom stereocenters. The van der Waals surface area contributed by atoms with E-state index in [0.717, 1.165) is 107 Å². The van der Waals surface area contributed by atoms with Gasteiger partial charge in [0, 0.05) is 30.0 Å². The van der Waals surface area contributed by atoms with Crippen LogP contribution in [0.15, 0.2) is 169 Å². The quantitative estimate of drug-likeness (QED) is 0.112. The monoisotopic (exact) mass is 1960 g/mol. The maximum Gasteiger partial charge on any atom is 0.154 e. The molecule has 794 valence electrons. The van der Waals surface area contributed by atoms with E-state index in [0.29, 0.717) is 51.9 Å². The summed E-state index contributed by atoms with van der Waals surface area (Å²) in [7, 11) is 2.00. The molecule has 0 N–H and O–H groups in total. The number of hydrogen-bond acceptors (Lipinski definition) is 4. The van der Waals surface area contributed by atoms with Crippen LogP contribution in [0.1, 0.15) is 367 Å². The lowest BCUT2D eigenvalue weighted by atomic mass is 9.55. The molecule has 2 aliphatic heterocycles. The molecule has 0 spiro atoms. The molecule has 10 atom stereocenters. The van der Waals surface area contributed by atoms with Crippen molar-refractivity contribution >= 4 is 10.8 Å². The van der Waals surface area contributed by atoms with Gasteiger partial charge in [0.25, 0.3) is 0 Å². The number of pyridine rings is 1. The third-order valence-corrected chi connectivity index (χ3v) is 30.1. The van der Waals surface area contributed by atoms with Gasteiger partial charge in [-0.2, -0.15) is 0 Å². The van der Waals surface area contributed by atoms with Crippen LogP contribution in [0.4, 0.5) is 30.7 Å². The van der Waals surface area contributed by atoms with Crippen LogP contribution < -0.4 is 0 Å². The standard InChI is InChI=1S/C12H22.2C12H16.C12H12.C10H18.C8H8F2.C8H9F.C8H16.2C8H14.C8H10.C7H9N.C7H14O.C6H12O2.4CH3F/c4*1-9-3-5-12-8-10(2)4-6-11(12)7-9;1-9-3-6-10(2,7-4-9)8-5-9;1-5-3-7(9)6(2)8(10)4-5;1-6-3-4-7(2)8(9)5-6;4*1-7-3-5-8(2)6-4-7;2*1-6-3-4-7(2)8-5-6;1-5-3-7-6(2)8-4-5;4*1-2/h9-12H,3-8H2,1-2H3;2*3,5,7,10H,4,6,8H2,1-2H3;3-8H,1-2H3;3-8H2,1-2H3;3-4H,1-2H3;3-5H,1-2H3;7-8H,3-6H2,1-2H3;2*3,8H,4-6H2,1-2H3;3-6H,1-2H3;3-5H,1-2H3;6-7H,3-5H2,1-2H3;5-6H,3-4H2,1-2H3;4*1H3. The summed E-state index contributed by atoms with van der Waals surface area (Å²) in [5.74, 6) is 10.3. The largest absolute Gasteiger partial charge is 0.378 e. The zero-order chi connectivity index (χ0) is 106. The van der Waals surface area contributed by atoms with Crippen molar-refractivity contribution in [2.45, 2.75) is 399 Å². The van der Waals surface area contributed by atoms with Crippen LogP contribution >= 0.6 is 0 Å². The Hall–Kier alpha value is -7.18. The maximum atomic E-state index is 12.6. The van der Waals surface area contributed by atoms with E-state index < -0.39 is 11.6 Å². The summed E-state index contributed by atoms with van der Waals surface area (Å²) in [6, 6.07) is 47.3. The van der Waals surface area contributed by atoms with Gasteiger partial charge in [-0.05, 0) is 420 Å². The Kier molecular flexibility index (Phi) is 66.5. The van der Waals surface area contributed by atoms with E-state index in [9.17, 15) is 30.7 Å². The summed E-state index contributed by atoms with van der Waals surface area (Å²) >= 11 is 0. The fourth-order valence-electron chi connectivity index (χ4n) is 19.5. The van der Waals surface area contributed by atoms with Crippen molar-refractivity contribution < 1.29 is 44.9 Å². The molecule has 7 aromatic carbocycles. The van der Waals surface area contributed by atoms with Crippen LogP contribution in [0.5, 0.6) is 0 Å². The van der Waals surface area contributed by atoms with Gasteiger partial charge in [-0.25, -0.2) is 13.2 Å². The van der Waals surface area contributed by atoms with E-state index in [2.05, 4.69) is 266 Å². The van der Waals surface area contributed by atoms with Crippen LogP contribution in [-0.4, -0.2) is 65.9 Å². The van der Waals surface area contributed by atoms with Gasteiger partial charge in [0.1, 0.15) is 17.5 Å². The van der Waals surface area contributed by atoms with Gasteiger partial charge in [-0.1, -0.05) is 294 Å². The highest BCUT2D eigenvalue weighted by Crippen LogP contribution is 2.56. The summed E-state index contributed by atoms with van der Waals surface area (Å²) < 4.78 is 91.5. The second-order valence-corrected chi connectivity index (χ2v) is 45.2. The molecule has 8 aromatic rings. The Morgan fingerprint density at radius 1 is 0.284 bits per heavy atom. The Labute approximate surface area is 860 Å². The van der Waals surface area contributed by atoms with Crippen LogP contribution in [0, 0.1) is 182 Å². The topological polar surface area (TPSA) is 40.6 Å². The molecule has 0 radical (unpaired) electrons. The first kappa shape index (κ1) is 130. The van der Waals surface area contributed by atoms with Gasteiger partial charge < -0.3 is 14.2 Å². The van der Waals surface area contributed by atoms with Crippen LogP contribution in [0.25, 0.3) is 10.8 Å². The minimum absolute atomic E-state index is 0.0196. The van der Waals surface area contributed by atoms with Crippen LogP contribution in [-0.2, 0) is 39.9 Å². The normalized spacial score (nSPS) is 25.2. The van der Waals surface area contributed by atoms with Crippen molar-refractivity contribution in [2.75, 3.05) is 48.5 Å². The molecule has 12 aliphatic rings. The van der Waals surface area contributed by atoms with Crippen LogP contribution in [0.2, 0.25) is 0 Å². The molecule has 1 aromatic heterocycles. The number of allylic oxidation sites excluding steroid dienone is 4. The average molecular weight is 1960 g/mol. The van der Waals surface area contributed by atoms with Gasteiger partial charge >= 0.3 is 0 Å². The summed E-state index contributed by atoms with van der Waals surface area (Å²) in [5, 5.41) is 2.67. The molecule has 20 rings (SSSR count). The van der Waals surface area contributed by atoms with Gasteiger partial charge in [-0.15, -0.1) is 0 Å². The number of hydrogen-bond donors (Lipinski definition) is 0. The molecule has 10 aliphatic carbocycles. The van der Waals surface area contributed by atoms with E-state index in [-0.39, 0.29) is 17.7 Å². The smallest absolute Gasteiger partial charge is 0.154 e. The van der Waals surface area contributed by atoms with Crippen molar-refractivity contribution in [2.24, 2.45) is 81.8 Å². The van der Waals surface area contributed by atoms with Crippen molar-refractivity contribution in [3.8, 4) is 0 Å². The second-order valence-electron chi connectivity index (χ2n) is 45.2. The molecule has 2 bridgehead atoms. The molecule has 4 nitrogen and oxygen atoms in total. The third-order valence-electron chi connectivity index (χ3n) is 30.1. The summed E-state index contributed by atoms with van der Waals surface area (Å²) in [5.41, 5.74) is 23.8. The Bertz CT molecular complexity index is 4280. The molecule has 6 saturated carbocycles. The molecule has 3 heterocycles. The van der Waals surface area contributed by atoms with Gasteiger partial charge in [0.2, 0.25) is 0 Å². The first-order valence-corrected chi connectivity index (χ1v) is 54.4. The van der Waals surface area contributed by atoms with E-state index in [1.807, 2.05) is 46.0 Å². The Morgan fingerprint density at radius 2 is 0.617 bits per heavy atom. The van der Waals surface area contributed by atoms with E-state index in [1.54, 1.807) is 53.3 Å². The van der Waals surface area contributed by atoms with E-state index in [1.165, 1.54) is 267 Å². The summed E-state index contributed by atoms with van der Waals surface area (Å²) in [6.07, 6.45) is 49.8. The first-order chi connectivity index (χ1) is 67.0. The molecule has 141 heavy (non-hydrogen) atoms. The van der Waals surface area contributed by atoms with E-state index >= 15 is 0 Å². The van der Waals surface area contributed by atoms with Crippen molar-refractivity contribution in [3.05, 3.63) is 276 Å². The SMILES string of the molecule is CC12CCC(C)(CC1)CC2.CC1=CCC(C)CC1.CC1=CCC(C)CC1.CC1CCC(C)CC1.CC1CCC(C)OC1.CC1CCC2CC(C)CCC2C1.CC1COC(C)OC1.CF.CF.CF.CF.Cc1cc(F)c(C)c(F)c1.Cc1ccc(C)c(F)c1.Cc1ccc(C)cc1.Cc1ccc(C)nc1.Cc1ccc2c(c1)CCC(C)C2.Cc1ccc2c(c1)CCC(C)C2.Cc1ccc2cc(C)ccc2c1. The highest BCUT2D eigenvalue weighted by atomic mass is 19.1. The van der Waals surface area contributed by atoms with Crippen molar-refractivity contribution in [1.29, 1.82) is 0 Å². The lowest BCUT2D eigenvalue weighted by Gasteiger charge is -2.50.